The molecule has 0 radical (unpaired) electrons. The van der Waals surface area contributed by atoms with Gasteiger partial charge in [0.15, 0.2) is 17.3 Å². The predicted molar refractivity (Wildman–Crippen MR) is 119 cm³/mol. The Morgan fingerprint density at radius 1 is 0.903 bits per heavy atom. The highest BCUT2D eigenvalue weighted by Crippen LogP contribution is 2.33. The topological polar surface area (TPSA) is 73.9 Å². The van der Waals surface area contributed by atoms with Gasteiger partial charge in [0.05, 0.1) is 19.4 Å². The van der Waals surface area contributed by atoms with E-state index in [1.807, 2.05) is 49.4 Å². The number of Topliss-reactive ketones (excluding diaryl/α,β-unsaturated/α-hetero) is 1. The first-order chi connectivity index (χ1) is 15.0. The third kappa shape index (κ3) is 5.42. The molecule has 0 spiro atoms. The van der Waals surface area contributed by atoms with Gasteiger partial charge >= 0.3 is 0 Å². The second-order valence-electron chi connectivity index (χ2n) is 6.75. The van der Waals surface area contributed by atoms with E-state index >= 15 is 0 Å². The molecule has 0 aliphatic carbocycles. The minimum atomic E-state index is -0.951. The highest BCUT2D eigenvalue weighted by atomic mass is 16.5. The lowest BCUT2D eigenvalue weighted by Gasteiger charge is -2.21. The van der Waals surface area contributed by atoms with E-state index in [-0.39, 0.29) is 11.7 Å². The number of ether oxygens (including phenoxy) is 3. The molecule has 1 amide bonds. The third-order valence-electron chi connectivity index (χ3n) is 4.60. The predicted octanol–water partition coefficient (Wildman–Crippen LogP) is 5.06. The largest absolute Gasteiger partial charge is 0.493 e. The number of amides is 1. The molecule has 31 heavy (non-hydrogen) atoms. The monoisotopic (exact) mass is 419 g/mol. The molecule has 160 valence electrons. The van der Waals surface area contributed by atoms with Gasteiger partial charge in [-0.15, -0.1) is 0 Å². The van der Waals surface area contributed by atoms with Crippen LogP contribution in [0.1, 0.15) is 35.9 Å². The van der Waals surface area contributed by atoms with E-state index in [0.29, 0.717) is 40.7 Å². The Morgan fingerprint density at radius 2 is 1.61 bits per heavy atom. The fourth-order valence-electron chi connectivity index (χ4n) is 3.06. The van der Waals surface area contributed by atoms with Crippen LogP contribution in [0.2, 0.25) is 0 Å². The summed E-state index contributed by atoms with van der Waals surface area (Å²) in [6, 6.07) is 21.3. The van der Waals surface area contributed by atoms with Crippen LogP contribution in [0, 0.1) is 0 Å². The molecular weight excluding hydrogens is 394 g/mol. The number of carbonyl (C=O) groups is 2. The van der Waals surface area contributed by atoms with Crippen LogP contribution in [-0.4, -0.2) is 25.4 Å². The summed E-state index contributed by atoms with van der Waals surface area (Å²) in [6.45, 7) is 3.84. The van der Waals surface area contributed by atoms with Gasteiger partial charge < -0.3 is 19.5 Å². The molecule has 3 aromatic rings. The molecule has 0 bridgehead atoms. The molecule has 0 unspecified atom stereocenters. The number of nitrogens with one attached hydrogen (secondary N) is 1. The van der Waals surface area contributed by atoms with Crippen LogP contribution in [0.4, 0.5) is 5.69 Å². The summed E-state index contributed by atoms with van der Waals surface area (Å²) in [7, 11) is 1.49. The molecule has 6 heteroatoms. The first-order valence-corrected chi connectivity index (χ1v) is 9.96. The zero-order valence-electron chi connectivity index (χ0n) is 17.8. The van der Waals surface area contributed by atoms with Gasteiger partial charge in [0.25, 0.3) is 5.91 Å². The standard InChI is InChI=1S/C25H25NO5/c1-4-30-21-13-9-8-12-20(21)26-25(28)24(18-10-6-5-7-11-18)31-22-15-14-19(17(2)27)16-23(22)29-3/h5-16,24H,4H2,1-3H3,(H,26,28)/t24-/m1/s1. The van der Waals surface area contributed by atoms with Gasteiger partial charge in [-0.2, -0.15) is 0 Å². The van der Waals surface area contributed by atoms with Crippen LogP contribution < -0.4 is 19.5 Å². The van der Waals surface area contributed by atoms with Gasteiger partial charge in [0.2, 0.25) is 6.10 Å². The average molecular weight is 419 g/mol. The van der Waals surface area contributed by atoms with E-state index in [9.17, 15) is 9.59 Å². The van der Waals surface area contributed by atoms with Crippen LogP contribution >= 0.6 is 0 Å². The third-order valence-corrected chi connectivity index (χ3v) is 4.60. The van der Waals surface area contributed by atoms with Crippen molar-refractivity contribution in [3.63, 3.8) is 0 Å². The number of ketones is 1. The van der Waals surface area contributed by atoms with Crippen LogP contribution in [0.15, 0.2) is 72.8 Å². The lowest BCUT2D eigenvalue weighted by Crippen LogP contribution is -2.26. The van der Waals surface area contributed by atoms with Crippen molar-refractivity contribution in [2.45, 2.75) is 20.0 Å². The number of benzene rings is 3. The molecule has 0 saturated carbocycles. The normalized spacial score (nSPS) is 11.3. The molecule has 1 atom stereocenters. The average Bonchev–Trinajstić information content (AvgIpc) is 2.79. The minimum absolute atomic E-state index is 0.0882. The lowest BCUT2D eigenvalue weighted by atomic mass is 10.1. The van der Waals surface area contributed by atoms with Gasteiger partial charge in [0.1, 0.15) is 5.75 Å². The van der Waals surface area contributed by atoms with Gasteiger partial charge in [0, 0.05) is 11.1 Å². The second-order valence-corrected chi connectivity index (χ2v) is 6.75. The molecule has 3 aromatic carbocycles. The summed E-state index contributed by atoms with van der Waals surface area (Å²) >= 11 is 0. The Kier molecular flexibility index (Phi) is 7.27. The first kappa shape index (κ1) is 21.9. The van der Waals surface area contributed by atoms with Crippen molar-refractivity contribution in [2.24, 2.45) is 0 Å². The van der Waals surface area contributed by atoms with Gasteiger partial charge in [-0.05, 0) is 44.2 Å². The summed E-state index contributed by atoms with van der Waals surface area (Å²) in [4.78, 5) is 25.0. The van der Waals surface area contributed by atoms with Crippen molar-refractivity contribution < 1.29 is 23.8 Å². The highest BCUT2D eigenvalue weighted by Gasteiger charge is 2.25. The number of carbonyl (C=O) groups excluding carboxylic acids is 2. The Morgan fingerprint density at radius 3 is 2.29 bits per heavy atom. The molecule has 0 heterocycles. The van der Waals surface area contributed by atoms with Crippen molar-refractivity contribution in [2.75, 3.05) is 19.0 Å². The lowest BCUT2D eigenvalue weighted by molar-refractivity contribution is -0.123. The minimum Gasteiger partial charge on any atom is -0.493 e. The fraction of sp³-hybridized carbons (Fsp3) is 0.200. The molecule has 1 N–H and O–H groups in total. The fourth-order valence-corrected chi connectivity index (χ4v) is 3.06. The van der Waals surface area contributed by atoms with Gasteiger partial charge in [-0.3, -0.25) is 9.59 Å². The number of hydrogen-bond acceptors (Lipinski definition) is 5. The van der Waals surface area contributed by atoms with Gasteiger partial charge in [-0.1, -0.05) is 42.5 Å². The van der Waals surface area contributed by atoms with Crippen molar-refractivity contribution in [3.8, 4) is 17.2 Å². The van der Waals surface area contributed by atoms with E-state index < -0.39 is 6.10 Å². The van der Waals surface area contributed by atoms with Crippen LogP contribution in [-0.2, 0) is 4.79 Å². The Bertz CT molecular complexity index is 1050. The van der Waals surface area contributed by atoms with E-state index in [2.05, 4.69) is 5.32 Å². The van der Waals surface area contributed by atoms with E-state index in [1.165, 1.54) is 14.0 Å². The molecule has 0 fully saturated rings. The Balaban J connectivity index is 1.93. The highest BCUT2D eigenvalue weighted by molar-refractivity contribution is 5.96. The van der Waals surface area contributed by atoms with E-state index in [0.717, 1.165) is 0 Å². The summed E-state index contributed by atoms with van der Waals surface area (Å²) in [6.07, 6.45) is -0.951. The second kappa shape index (κ2) is 10.3. The smallest absolute Gasteiger partial charge is 0.270 e. The van der Waals surface area contributed by atoms with Crippen molar-refractivity contribution in [1.82, 2.24) is 0 Å². The van der Waals surface area contributed by atoms with Crippen molar-refractivity contribution in [3.05, 3.63) is 83.9 Å². The van der Waals surface area contributed by atoms with Crippen LogP contribution in [0.3, 0.4) is 0 Å². The van der Waals surface area contributed by atoms with Crippen molar-refractivity contribution in [1.29, 1.82) is 0 Å². The molecule has 0 aromatic heterocycles. The summed E-state index contributed by atoms with van der Waals surface area (Å²) < 4.78 is 17.1. The molecular formula is C25H25NO5. The maximum Gasteiger partial charge on any atom is 0.270 e. The zero-order valence-corrected chi connectivity index (χ0v) is 17.8. The maximum absolute atomic E-state index is 13.3. The number of methoxy groups -OCH3 is 1. The number of anilines is 1. The quantitative estimate of drug-likeness (QED) is 0.491. The molecule has 0 aliphatic rings. The van der Waals surface area contributed by atoms with Crippen LogP contribution in [0.5, 0.6) is 17.2 Å². The van der Waals surface area contributed by atoms with E-state index in [1.54, 1.807) is 30.3 Å². The SMILES string of the molecule is CCOc1ccccc1NC(=O)[C@H](Oc1ccc(C(C)=O)cc1OC)c1ccccc1. The summed E-state index contributed by atoms with van der Waals surface area (Å²) in [5, 5.41) is 2.90. The van der Waals surface area contributed by atoms with Gasteiger partial charge in [-0.25, -0.2) is 0 Å². The zero-order chi connectivity index (χ0) is 22.2. The Labute approximate surface area is 181 Å². The Hall–Kier alpha value is -3.80. The molecule has 6 nitrogen and oxygen atoms in total. The summed E-state index contributed by atoms with van der Waals surface area (Å²) in [5.41, 5.74) is 1.72. The number of para-hydroxylation sites is 2. The van der Waals surface area contributed by atoms with E-state index in [4.69, 9.17) is 14.2 Å². The number of rotatable bonds is 9. The van der Waals surface area contributed by atoms with Crippen LogP contribution in [0.25, 0.3) is 0 Å². The maximum atomic E-state index is 13.3. The molecule has 0 aliphatic heterocycles. The first-order valence-electron chi connectivity index (χ1n) is 9.96. The summed E-state index contributed by atoms with van der Waals surface area (Å²) in [5.74, 6) is 0.852. The molecule has 0 saturated heterocycles. The number of hydrogen-bond donors (Lipinski definition) is 1. The molecule has 3 rings (SSSR count). The van der Waals surface area contributed by atoms with Crippen molar-refractivity contribution >= 4 is 17.4 Å².